The van der Waals surface area contributed by atoms with E-state index in [1.807, 2.05) is 18.2 Å². The first-order valence-corrected chi connectivity index (χ1v) is 11.5. The molecule has 2 aromatic heterocycles. The normalized spacial score (nSPS) is 10.9. The van der Waals surface area contributed by atoms with E-state index in [1.165, 1.54) is 17.5 Å². The number of anilines is 1. The number of carbonyl (C=O) groups excluding carboxylic acids is 1. The maximum atomic E-state index is 12.8. The third kappa shape index (κ3) is 5.57. The second-order valence-corrected chi connectivity index (χ2v) is 8.54. The van der Waals surface area contributed by atoms with Gasteiger partial charge in [-0.1, -0.05) is 24.7 Å². The maximum absolute atomic E-state index is 12.8. The van der Waals surface area contributed by atoms with Crippen molar-refractivity contribution < 1.29 is 23.6 Å². The molecule has 0 radical (unpaired) electrons. The van der Waals surface area contributed by atoms with E-state index in [9.17, 15) is 14.3 Å². The summed E-state index contributed by atoms with van der Waals surface area (Å²) in [4.78, 5) is 12.2. The zero-order chi connectivity index (χ0) is 24.9. The van der Waals surface area contributed by atoms with E-state index in [0.717, 1.165) is 22.6 Å². The lowest BCUT2D eigenvalue weighted by molar-refractivity contribution is -0.119. The molecule has 35 heavy (non-hydrogen) atoms. The minimum atomic E-state index is -1.05. The summed E-state index contributed by atoms with van der Waals surface area (Å²) in [6, 6.07) is 9.35. The van der Waals surface area contributed by atoms with Crippen molar-refractivity contribution in [3.05, 3.63) is 71.8 Å². The molecule has 0 aliphatic rings. The van der Waals surface area contributed by atoms with Gasteiger partial charge in [-0.05, 0) is 53.8 Å². The number of methoxy groups -OCH3 is 1. The number of nitrogens with zero attached hydrogens (tertiary/aromatic N) is 3. The Balaban J connectivity index is 1.47. The molecular weight excluding hydrogens is 473 g/mol. The summed E-state index contributed by atoms with van der Waals surface area (Å²) in [5.41, 5.74) is 3.01. The molecular formula is C24H24FN5O4S. The molecule has 11 heteroatoms. The topological polar surface area (TPSA) is 114 Å². The Morgan fingerprint density at radius 3 is 2.86 bits per heavy atom. The summed E-state index contributed by atoms with van der Waals surface area (Å²) in [6.45, 7) is 5.49. The van der Waals surface area contributed by atoms with Crippen molar-refractivity contribution in [2.45, 2.75) is 31.3 Å². The van der Waals surface area contributed by atoms with Crippen LogP contribution in [0, 0.1) is 0 Å². The van der Waals surface area contributed by atoms with Gasteiger partial charge in [-0.25, -0.2) is 4.39 Å². The molecule has 0 saturated heterocycles. The Morgan fingerprint density at radius 2 is 2.11 bits per heavy atom. The lowest BCUT2D eigenvalue weighted by atomic mass is 10.1. The highest BCUT2D eigenvalue weighted by Gasteiger charge is 2.16. The Morgan fingerprint density at radius 1 is 1.29 bits per heavy atom. The fourth-order valence-electron chi connectivity index (χ4n) is 3.44. The third-order valence-corrected chi connectivity index (χ3v) is 6.07. The van der Waals surface area contributed by atoms with Crippen molar-refractivity contribution in [2.75, 3.05) is 11.8 Å². The van der Waals surface area contributed by atoms with E-state index >= 15 is 0 Å². The number of hydrogen-bond acceptors (Lipinski definition) is 8. The number of amides is 1. The van der Waals surface area contributed by atoms with Gasteiger partial charge in [0.2, 0.25) is 0 Å². The molecule has 1 amide bonds. The number of carbonyl (C=O) groups is 1. The standard InChI is InChI=1S/C24H24FN5O4S/c1-4-15-5-6-19(33-3)21(9-15)35-29-23-22-18(31)7-16(8-20(22)34-28-23)12-30-13-17(11-27-30)10-26-24(32)14(2)25/h5-9,11,13,31H,2,4,10,12H2,1,3H3,(H,26,32)(H,28,29). The molecule has 0 bridgehead atoms. The molecule has 9 nitrogen and oxygen atoms in total. The van der Waals surface area contributed by atoms with E-state index in [1.54, 1.807) is 36.3 Å². The molecule has 0 fully saturated rings. The molecule has 3 N–H and O–H groups in total. The summed E-state index contributed by atoms with van der Waals surface area (Å²) in [6.07, 6.45) is 4.17. The van der Waals surface area contributed by atoms with Crippen LogP contribution in [-0.2, 0) is 24.3 Å². The molecule has 182 valence electrons. The highest BCUT2D eigenvalue weighted by Crippen LogP contribution is 2.37. The maximum Gasteiger partial charge on any atom is 0.279 e. The Bertz CT molecular complexity index is 1380. The smallest absolute Gasteiger partial charge is 0.279 e. The van der Waals surface area contributed by atoms with Crippen LogP contribution in [-0.4, -0.2) is 33.1 Å². The SMILES string of the molecule is C=C(F)C(=O)NCc1cnn(Cc2cc(O)c3c(NSc4cc(CC)ccc4OC)noc3c2)c1. The lowest BCUT2D eigenvalue weighted by Gasteiger charge is -2.10. The number of halogens is 1. The van der Waals surface area contributed by atoms with Crippen molar-refractivity contribution in [1.29, 1.82) is 0 Å². The molecule has 4 aromatic rings. The Hall–Kier alpha value is -3.99. The van der Waals surface area contributed by atoms with Crippen molar-refractivity contribution in [1.82, 2.24) is 20.3 Å². The van der Waals surface area contributed by atoms with Crippen LogP contribution in [0.25, 0.3) is 11.0 Å². The number of hydrogen-bond donors (Lipinski definition) is 3. The average Bonchev–Trinajstić information content (AvgIpc) is 3.47. The molecule has 0 saturated carbocycles. The van der Waals surface area contributed by atoms with Crippen LogP contribution in [0.1, 0.15) is 23.6 Å². The number of aromatic hydroxyl groups is 1. The first-order chi connectivity index (χ1) is 16.9. The number of phenolic OH excluding ortho intramolecular Hbond substituents is 1. The predicted octanol–water partition coefficient (Wildman–Crippen LogP) is 4.57. The summed E-state index contributed by atoms with van der Waals surface area (Å²) < 4.78 is 28.4. The van der Waals surface area contributed by atoms with Gasteiger partial charge in [-0.2, -0.15) is 5.10 Å². The molecule has 0 unspecified atom stereocenters. The van der Waals surface area contributed by atoms with Crippen LogP contribution < -0.4 is 14.8 Å². The van der Waals surface area contributed by atoms with Gasteiger partial charge in [0, 0.05) is 18.3 Å². The Labute approximate surface area is 205 Å². The van der Waals surface area contributed by atoms with Crippen LogP contribution in [0.5, 0.6) is 11.5 Å². The monoisotopic (exact) mass is 497 g/mol. The first kappa shape index (κ1) is 24.1. The van der Waals surface area contributed by atoms with Crippen molar-refractivity contribution in [2.24, 2.45) is 0 Å². The van der Waals surface area contributed by atoms with Gasteiger partial charge in [-0.3, -0.25) is 9.48 Å². The molecule has 2 heterocycles. The lowest BCUT2D eigenvalue weighted by Crippen LogP contribution is -2.22. The number of rotatable bonds is 10. The van der Waals surface area contributed by atoms with Crippen LogP contribution in [0.4, 0.5) is 10.2 Å². The summed E-state index contributed by atoms with van der Waals surface area (Å²) in [5.74, 6) is -0.778. The van der Waals surface area contributed by atoms with Gasteiger partial charge in [0.1, 0.15) is 16.9 Å². The number of phenols is 1. The molecule has 4 rings (SSSR count). The number of nitrogens with one attached hydrogen (secondary N) is 2. The minimum absolute atomic E-state index is 0.0113. The first-order valence-electron chi connectivity index (χ1n) is 10.7. The van der Waals surface area contributed by atoms with Gasteiger partial charge >= 0.3 is 0 Å². The molecule has 0 atom stereocenters. The molecule has 0 aliphatic heterocycles. The fraction of sp³-hybridized carbons (Fsp3) is 0.208. The van der Waals surface area contributed by atoms with Crippen molar-refractivity contribution in [3.8, 4) is 11.5 Å². The predicted molar refractivity (Wildman–Crippen MR) is 131 cm³/mol. The highest BCUT2D eigenvalue weighted by atomic mass is 32.2. The summed E-state index contributed by atoms with van der Waals surface area (Å²) >= 11 is 1.32. The van der Waals surface area contributed by atoms with Gasteiger partial charge in [0.25, 0.3) is 5.91 Å². The van der Waals surface area contributed by atoms with E-state index in [0.29, 0.717) is 28.9 Å². The fourth-order valence-corrected chi connectivity index (χ4v) is 4.25. The zero-order valence-corrected chi connectivity index (χ0v) is 20.0. The van der Waals surface area contributed by atoms with Gasteiger partial charge in [0.15, 0.2) is 17.2 Å². The second kappa shape index (κ2) is 10.5. The number of ether oxygens (including phenoxy) is 1. The number of aryl methyl sites for hydroxylation is 1. The van der Waals surface area contributed by atoms with Gasteiger partial charge < -0.3 is 24.4 Å². The second-order valence-electron chi connectivity index (χ2n) is 7.70. The summed E-state index contributed by atoms with van der Waals surface area (Å²) in [7, 11) is 1.61. The van der Waals surface area contributed by atoms with Crippen LogP contribution in [0.2, 0.25) is 0 Å². The van der Waals surface area contributed by atoms with E-state index < -0.39 is 11.7 Å². The average molecular weight is 498 g/mol. The van der Waals surface area contributed by atoms with Crippen LogP contribution in [0.3, 0.4) is 0 Å². The molecule has 2 aromatic carbocycles. The van der Waals surface area contributed by atoms with Gasteiger partial charge in [-0.15, -0.1) is 0 Å². The third-order valence-electron chi connectivity index (χ3n) is 5.24. The van der Waals surface area contributed by atoms with Crippen molar-refractivity contribution in [3.63, 3.8) is 0 Å². The number of aromatic nitrogens is 3. The van der Waals surface area contributed by atoms with Crippen LogP contribution >= 0.6 is 11.9 Å². The number of fused-ring (bicyclic) bond motifs is 1. The van der Waals surface area contributed by atoms with Gasteiger partial charge in [0.05, 0.1) is 24.7 Å². The van der Waals surface area contributed by atoms with E-state index in [4.69, 9.17) is 9.26 Å². The Kier molecular flexibility index (Phi) is 7.25. The number of benzene rings is 2. The molecule has 0 spiro atoms. The van der Waals surface area contributed by atoms with E-state index in [2.05, 4.69) is 33.8 Å². The summed E-state index contributed by atoms with van der Waals surface area (Å²) in [5, 5.41) is 21.9. The van der Waals surface area contributed by atoms with E-state index in [-0.39, 0.29) is 12.3 Å². The van der Waals surface area contributed by atoms with Crippen LogP contribution in [0.15, 0.2) is 64.5 Å². The quantitative estimate of drug-likeness (QED) is 0.216. The highest BCUT2D eigenvalue weighted by molar-refractivity contribution is 8.00. The largest absolute Gasteiger partial charge is 0.507 e. The zero-order valence-electron chi connectivity index (χ0n) is 19.2. The molecule has 0 aliphatic carbocycles. The minimum Gasteiger partial charge on any atom is -0.507 e. The van der Waals surface area contributed by atoms with Crippen molar-refractivity contribution >= 4 is 34.6 Å².